The molecule has 148 valence electrons. The van der Waals surface area contributed by atoms with Gasteiger partial charge < -0.3 is 20.3 Å². The number of aryl methyl sites for hydroxylation is 1. The van der Waals surface area contributed by atoms with Gasteiger partial charge in [-0.05, 0) is 44.7 Å². The molecule has 0 spiro atoms. The summed E-state index contributed by atoms with van der Waals surface area (Å²) in [5, 5.41) is 6.95. The number of piperidine rings is 1. The van der Waals surface area contributed by atoms with Crippen LogP contribution in [0.25, 0.3) is 0 Å². The normalized spacial score (nSPS) is 16.2. The zero-order chi connectivity index (χ0) is 17.9. The summed E-state index contributed by atoms with van der Waals surface area (Å²) in [5.74, 6) is 0.894. The van der Waals surface area contributed by atoms with E-state index in [0.29, 0.717) is 12.6 Å². The number of methoxy groups -OCH3 is 1. The average Bonchev–Trinajstić information content (AvgIpc) is 2.63. The Labute approximate surface area is 175 Å². The molecule has 1 saturated heterocycles. The molecule has 0 amide bonds. The van der Waals surface area contributed by atoms with Crippen molar-refractivity contribution >= 4 is 29.9 Å². The van der Waals surface area contributed by atoms with E-state index in [1.54, 1.807) is 7.11 Å². The Kier molecular flexibility index (Phi) is 11.8. The Balaban J connectivity index is 0.00000338. The van der Waals surface area contributed by atoms with Gasteiger partial charge in [-0.2, -0.15) is 0 Å². The molecule has 0 saturated carbocycles. The van der Waals surface area contributed by atoms with Crippen LogP contribution in [0.4, 0.5) is 0 Å². The zero-order valence-corrected chi connectivity index (χ0v) is 18.7. The molecule has 1 aliphatic rings. The van der Waals surface area contributed by atoms with Crippen LogP contribution >= 0.6 is 24.0 Å². The van der Waals surface area contributed by atoms with Crippen molar-refractivity contribution in [2.24, 2.45) is 4.99 Å². The molecule has 6 nitrogen and oxygen atoms in total. The van der Waals surface area contributed by atoms with Gasteiger partial charge in [0.05, 0.1) is 12.2 Å². The quantitative estimate of drug-likeness (QED) is 0.262. The van der Waals surface area contributed by atoms with Crippen molar-refractivity contribution in [3.05, 3.63) is 29.6 Å². The Bertz CT molecular complexity index is 532. The fraction of sp³-hybridized carbons (Fsp3) is 0.684. The largest absolute Gasteiger partial charge is 0.385 e. The predicted molar refractivity (Wildman–Crippen MR) is 118 cm³/mol. The highest BCUT2D eigenvalue weighted by molar-refractivity contribution is 14.0. The van der Waals surface area contributed by atoms with Gasteiger partial charge in [-0.25, -0.2) is 4.99 Å². The Morgan fingerprint density at radius 1 is 1.38 bits per heavy atom. The summed E-state index contributed by atoms with van der Waals surface area (Å²) in [7, 11) is 1.77. The van der Waals surface area contributed by atoms with E-state index in [-0.39, 0.29) is 24.0 Å². The maximum absolute atomic E-state index is 5.14. The molecule has 0 aromatic carbocycles. The molecule has 1 aromatic rings. The lowest BCUT2D eigenvalue weighted by Crippen LogP contribution is -2.48. The van der Waals surface area contributed by atoms with Crippen LogP contribution in [0.3, 0.4) is 0 Å². The monoisotopic (exact) mass is 475 g/mol. The summed E-state index contributed by atoms with van der Waals surface area (Å²) in [5.41, 5.74) is 2.22. The highest BCUT2D eigenvalue weighted by Crippen LogP contribution is 2.11. The number of pyridine rings is 1. The highest BCUT2D eigenvalue weighted by Gasteiger charge is 2.19. The topological polar surface area (TPSA) is 61.8 Å². The van der Waals surface area contributed by atoms with Gasteiger partial charge in [0.2, 0.25) is 0 Å². The third-order valence-corrected chi connectivity index (χ3v) is 4.60. The van der Waals surface area contributed by atoms with Crippen LogP contribution in [-0.2, 0) is 11.3 Å². The molecule has 0 aliphatic carbocycles. The van der Waals surface area contributed by atoms with E-state index >= 15 is 0 Å². The summed E-state index contributed by atoms with van der Waals surface area (Å²) in [6.07, 6.45) is 5.25. The zero-order valence-electron chi connectivity index (χ0n) is 16.3. The maximum Gasteiger partial charge on any atom is 0.191 e. The third-order valence-electron chi connectivity index (χ3n) is 4.60. The van der Waals surface area contributed by atoms with Gasteiger partial charge in [0.25, 0.3) is 0 Å². The molecule has 2 heterocycles. The summed E-state index contributed by atoms with van der Waals surface area (Å²) in [6.45, 7) is 9.91. The average molecular weight is 475 g/mol. The van der Waals surface area contributed by atoms with Crippen molar-refractivity contribution in [3.63, 3.8) is 0 Å². The second-order valence-corrected chi connectivity index (χ2v) is 6.57. The highest BCUT2D eigenvalue weighted by atomic mass is 127. The van der Waals surface area contributed by atoms with Crippen molar-refractivity contribution in [3.8, 4) is 0 Å². The van der Waals surface area contributed by atoms with E-state index in [1.807, 2.05) is 12.3 Å². The molecule has 2 N–H and O–H groups in total. The predicted octanol–water partition coefficient (Wildman–Crippen LogP) is 2.56. The van der Waals surface area contributed by atoms with Gasteiger partial charge in [0, 0.05) is 52.1 Å². The van der Waals surface area contributed by atoms with Gasteiger partial charge in [-0.1, -0.05) is 6.07 Å². The number of aliphatic imine (C=N–C) groups is 1. The summed E-state index contributed by atoms with van der Waals surface area (Å²) >= 11 is 0. The molecule has 0 radical (unpaired) electrons. The van der Waals surface area contributed by atoms with Crippen molar-refractivity contribution in [2.75, 3.05) is 39.9 Å². The number of hydrogen-bond acceptors (Lipinski definition) is 4. The maximum atomic E-state index is 5.14. The molecule has 0 atom stereocenters. The lowest BCUT2D eigenvalue weighted by atomic mass is 10.1. The Hall–Kier alpha value is -0.930. The van der Waals surface area contributed by atoms with E-state index in [4.69, 9.17) is 9.73 Å². The fourth-order valence-corrected chi connectivity index (χ4v) is 3.08. The van der Waals surface area contributed by atoms with Crippen LogP contribution in [0.5, 0.6) is 0 Å². The first-order valence-corrected chi connectivity index (χ1v) is 9.39. The van der Waals surface area contributed by atoms with Gasteiger partial charge in [-0.3, -0.25) is 4.98 Å². The van der Waals surface area contributed by atoms with Gasteiger partial charge >= 0.3 is 0 Å². The molecule has 1 aliphatic heterocycles. The van der Waals surface area contributed by atoms with Crippen LogP contribution < -0.4 is 10.6 Å². The number of aromatic nitrogens is 1. The molecule has 0 bridgehead atoms. The van der Waals surface area contributed by atoms with Crippen molar-refractivity contribution in [2.45, 2.75) is 45.7 Å². The van der Waals surface area contributed by atoms with E-state index in [1.165, 1.54) is 5.56 Å². The SMILES string of the molecule is CCNC(=NCc1ncccc1C)NC1CCN(CCCOC)CC1.I. The number of guanidine groups is 1. The van der Waals surface area contributed by atoms with Gasteiger partial charge in [0.1, 0.15) is 0 Å². The second kappa shape index (κ2) is 13.3. The fourth-order valence-electron chi connectivity index (χ4n) is 3.08. The summed E-state index contributed by atoms with van der Waals surface area (Å²) in [6, 6.07) is 4.53. The van der Waals surface area contributed by atoms with Crippen LogP contribution in [0.15, 0.2) is 23.3 Å². The molecule has 26 heavy (non-hydrogen) atoms. The minimum absolute atomic E-state index is 0. The standard InChI is InChI=1S/C19H33N5O.HI/c1-4-20-19(22-15-18-16(2)7-5-10-21-18)23-17-8-12-24(13-9-17)11-6-14-25-3;/h5,7,10,17H,4,6,8-9,11-15H2,1-3H3,(H2,20,22,23);1H. The minimum atomic E-state index is 0. The number of hydrogen-bond donors (Lipinski definition) is 2. The van der Waals surface area contributed by atoms with E-state index in [2.05, 4.69) is 40.4 Å². The smallest absolute Gasteiger partial charge is 0.191 e. The number of nitrogens with zero attached hydrogens (tertiary/aromatic N) is 3. The number of rotatable bonds is 8. The Morgan fingerprint density at radius 3 is 2.81 bits per heavy atom. The van der Waals surface area contributed by atoms with Crippen molar-refractivity contribution in [1.82, 2.24) is 20.5 Å². The summed E-state index contributed by atoms with van der Waals surface area (Å²) in [4.78, 5) is 11.7. The molecular weight excluding hydrogens is 441 g/mol. The number of likely N-dealkylation sites (tertiary alicyclic amines) is 1. The van der Waals surface area contributed by atoms with E-state index in [9.17, 15) is 0 Å². The van der Waals surface area contributed by atoms with E-state index in [0.717, 1.165) is 63.7 Å². The molecule has 2 rings (SSSR count). The van der Waals surface area contributed by atoms with Crippen LogP contribution in [0.2, 0.25) is 0 Å². The van der Waals surface area contributed by atoms with Gasteiger partial charge in [0.15, 0.2) is 5.96 Å². The molecule has 0 unspecified atom stereocenters. The molecule has 7 heteroatoms. The van der Waals surface area contributed by atoms with Crippen LogP contribution in [0.1, 0.15) is 37.4 Å². The Morgan fingerprint density at radius 2 is 2.15 bits per heavy atom. The van der Waals surface area contributed by atoms with Crippen LogP contribution in [-0.4, -0.2) is 61.8 Å². The number of ether oxygens (including phenoxy) is 1. The second-order valence-electron chi connectivity index (χ2n) is 6.57. The lowest BCUT2D eigenvalue weighted by Gasteiger charge is -2.33. The third kappa shape index (κ3) is 8.18. The van der Waals surface area contributed by atoms with Gasteiger partial charge in [-0.15, -0.1) is 24.0 Å². The first-order valence-electron chi connectivity index (χ1n) is 9.39. The number of halogens is 1. The van der Waals surface area contributed by atoms with Crippen molar-refractivity contribution in [1.29, 1.82) is 0 Å². The van der Waals surface area contributed by atoms with Crippen LogP contribution in [0, 0.1) is 6.92 Å². The molecular formula is C19H34IN5O. The van der Waals surface area contributed by atoms with Crippen molar-refractivity contribution < 1.29 is 4.74 Å². The first-order chi connectivity index (χ1) is 12.2. The first kappa shape index (κ1) is 23.1. The minimum Gasteiger partial charge on any atom is -0.385 e. The molecule has 1 aromatic heterocycles. The number of nitrogens with one attached hydrogen (secondary N) is 2. The molecule has 1 fully saturated rings. The summed E-state index contributed by atoms with van der Waals surface area (Å²) < 4.78 is 5.14. The lowest BCUT2D eigenvalue weighted by molar-refractivity contribution is 0.155. The van der Waals surface area contributed by atoms with E-state index < -0.39 is 0 Å².